The molecule has 2 aromatic heterocycles. The van der Waals surface area contributed by atoms with Crippen molar-refractivity contribution in [3.05, 3.63) is 42.1 Å². The van der Waals surface area contributed by atoms with Gasteiger partial charge in [-0.1, -0.05) is 17.1 Å². The lowest BCUT2D eigenvalue weighted by atomic mass is 10.2. The third-order valence-corrected chi connectivity index (χ3v) is 2.65. The third-order valence-electron chi connectivity index (χ3n) is 1.94. The largest absolute Gasteiger partial charge is 0.457 e. The Labute approximate surface area is 102 Å². The Hall–Kier alpha value is -2.08. The van der Waals surface area contributed by atoms with E-state index in [-0.39, 0.29) is 6.61 Å². The zero-order valence-corrected chi connectivity index (χ0v) is 9.68. The molecule has 0 N–H and O–H groups in total. The molecule has 2 rings (SSSR count). The molecule has 0 aromatic carbocycles. The summed E-state index contributed by atoms with van der Waals surface area (Å²) in [6.07, 6.45) is 4.79. The number of hydrogen-bond donors (Lipinski definition) is 0. The van der Waals surface area contributed by atoms with Crippen LogP contribution in [-0.2, 0) is 4.74 Å². The number of nitrogens with zero attached hydrogens (tertiary/aromatic N) is 3. The molecule has 0 aliphatic heterocycles. The molecule has 0 unspecified atom stereocenters. The van der Waals surface area contributed by atoms with E-state index in [1.165, 1.54) is 6.08 Å². The molecule has 0 saturated heterocycles. The van der Waals surface area contributed by atoms with E-state index in [9.17, 15) is 4.79 Å². The molecule has 17 heavy (non-hydrogen) atoms. The van der Waals surface area contributed by atoms with Gasteiger partial charge in [-0.15, -0.1) is 5.10 Å². The second-order valence-corrected chi connectivity index (χ2v) is 3.83. The highest BCUT2D eigenvalue weighted by Crippen LogP contribution is 2.23. The van der Waals surface area contributed by atoms with Crippen molar-refractivity contribution < 1.29 is 9.53 Å². The predicted octanol–water partition coefficient (Wildman–Crippen LogP) is 1.94. The molecule has 6 heteroatoms. The summed E-state index contributed by atoms with van der Waals surface area (Å²) >= 11 is 1.01. The first kappa shape index (κ1) is 11.4. The average Bonchev–Trinajstić information content (AvgIpc) is 2.86. The van der Waals surface area contributed by atoms with E-state index in [0.717, 1.165) is 17.1 Å². The highest BCUT2D eigenvalue weighted by molar-refractivity contribution is 7.08. The second-order valence-electron chi connectivity index (χ2n) is 3.08. The minimum absolute atomic E-state index is 0.170. The van der Waals surface area contributed by atoms with Gasteiger partial charge < -0.3 is 4.74 Å². The van der Waals surface area contributed by atoms with Crippen LogP contribution in [0.3, 0.4) is 0 Å². The standard InChI is InChI=1S/C11H9N3O2S/c1-2-6-16-11(15)10-9(13-14-17-10)8-4-3-5-12-7-8/h2-5,7H,1,6H2. The molecule has 5 nitrogen and oxygen atoms in total. The van der Waals surface area contributed by atoms with Gasteiger partial charge in [0.2, 0.25) is 0 Å². The number of ether oxygens (including phenoxy) is 1. The maximum atomic E-state index is 11.7. The molecule has 2 heterocycles. The van der Waals surface area contributed by atoms with Crippen LogP contribution in [0.1, 0.15) is 9.67 Å². The number of carbonyl (C=O) groups excluding carboxylic acids is 1. The Balaban J connectivity index is 2.29. The van der Waals surface area contributed by atoms with Gasteiger partial charge in [0, 0.05) is 18.0 Å². The van der Waals surface area contributed by atoms with Crippen LogP contribution in [0, 0.1) is 0 Å². The number of pyridine rings is 1. The van der Waals surface area contributed by atoms with E-state index in [0.29, 0.717) is 10.6 Å². The van der Waals surface area contributed by atoms with Crippen molar-refractivity contribution in [2.45, 2.75) is 0 Å². The van der Waals surface area contributed by atoms with Crippen molar-refractivity contribution in [3.63, 3.8) is 0 Å². The molecule has 0 saturated carbocycles. The lowest BCUT2D eigenvalue weighted by molar-refractivity contribution is 0.0556. The van der Waals surface area contributed by atoms with Crippen molar-refractivity contribution in [1.82, 2.24) is 14.6 Å². The molecule has 86 valence electrons. The topological polar surface area (TPSA) is 65.0 Å². The quantitative estimate of drug-likeness (QED) is 0.610. The molecule has 0 spiro atoms. The number of rotatable bonds is 4. The van der Waals surface area contributed by atoms with Gasteiger partial charge >= 0.3 is 5.97 Å². The van der Waals surface area contributed by atoms with Crippen molar-refractivity contribution in [2.75, 3.05) is 6.61 Å². The number of hydrogen-bond acceptors (Lipinski definition) is 6. The third kappa shape index (κ3) is 2.54. The van der Waals surface area contributed by atoms with Crippen molar-refractivity contribution >= 4 is 17.5 Å². The fraction of sp³-hybridized carbons (Fsp3) is 0.0909. The fourth-order valence-corrected chi connectivity index (χ4v) is 1.80. The van der Waals surface area contributed by atoms with Gasteiger partial charge in [-0.05, 0) is 23.7 Å². The van der Waals surface area contributed by atoms with Gasteiger partial charge in [-0.3, -0.25) is 4.98 Å². The van der Waals surface area contributed by atoms with E-state index in [4.69, 9.17) is 4.74 Å². The van der Waals surface area contributed by atoms with E-state index in [2.05, 4.69) is 21.1 Å². The summed E-state index contributed by atoms with van der Waals surface area (Å²) in [4.78, 5) is 16.0. The van der Waals surface area contributed by atoms with Gasteiger partial charge in [0.1, 0.15) is 12.3 Å². The minimum Gasteiger partial charge on any atom is -0.457 e. The highest BCUT2D eigenvalue weighted by Gasteiger charge is 2.18. The van der Waals surface area contributed by atoms with Gasteiger partial charge in [-0.2, -0.15) is 0 Å². The predicted molar refractivity (Wildman–Crippen MR) is 63.6 cm³/mol. The lowest BCUT2D eigenvalue weighted by Gasteiger charge is -2.00. The van der Waals surface area contributed by atoms with Crippen LogP contribution < -0.4 is 0 Å². The van der Waals surface area contributed by atoms with Crippen molar-refractivity contribution in [1.29, 1.82) is 0 Å². The van der Waals surface area contributed by atoms with Crippen LogP contribution in [0.2, 0.25) is 0 Å². The summed E-state index contributed by atoms with van der Waals surface area (Å²) in [6.45, 7) is 3.65. The molecular weight excluding hydrogens is 238 g/mol. The normalized spacial score (nSPS) is 9.88. The Morgan fingerprint density at radius 3 is 3.18 bits per heavy atom. The van der Waals surface area contributed by atoms with E-state index in [1.807, 2.05) is 6.07 Å². The average molecular weight is 247 g/mol. The first-order valence-electron chi connectivity index (χ1n) is 4.83. The molecule has 0 amide bonds. The molecule has 0 aliphatic rings. The molecule has 0 fully saturated rings. The van der Waals surface area contributed by atoms with Gasteiger partial charge in [-0.25, -0.2) is 4.79 Å². The monoisotopic (exact) mass is 247 g/mol. The highest BCUT2D eigenvalue weighted by atomic mass is 32.1. The Morgan fingerprint density at radius 2 is 2.47 bits per heavy atom. The first-order valence-corrected chi connectivity index (χ1v) is 5.61. The summed E-state index contributed by atoms with van der Waals surface area (Å²) in [6, 6.07) is 3.58. The number of aromatic nitrogens is 3. The first-order chi connectivity index (χ1) is 8.33. The Kier molecular flexibility index (Phi) is 3.56. The van der Waals surface area contributed by atoms with Crippen LogP contribution in [0.25, 0.3) is 11.3 Å². The van der Waals surface area contributed by atoms with Crippen LogP contribution in [0.15, 0.2) is 37.2 Å². The van der Waals surface area contributed by atoms with Gasteiger partial charge in [0.05, 0.1) is 0 Å². The summed E-state index contributed by atoms with van der Waals surface area (Å²) in [5.41, 5.74) is 1.24. The number of esters is 1. The van der Waals surface area contributed by atoms with E-state index < -0.39 is 5.97 Å². The maximum absolute atomic E-state index is 11.7. The second kappa shape index (κ2) is 5.31. The Bertz CT molecular complexity index is 525. The summed E-state index contributed by atoms with van der Waals surface area (Å²) in [5, 5.41) is 3.92. The molecule has 0 atom stereocenters. The smallest absolute Gasteiger partial charge is 0.352 e. The van der Waals surface area contributed by atoms with Crippen LogP contribution in [0.4, 0.5) is 0 Å². The molecule has 0 bridgehead atoms. The summed E-state index contributed by atoms with van der Waals surface area (Å²) in [5.74, 6) is -0.446. The molecular formula is C11H9N3O2S. The minimum atomic E-state index is -0.446. The maximum Gasteiger partial charge on any atom is 0.352 e. The van der Waals surface area contributed by atoms with Crippen molar-refractivity contribution in [3.8, 4) is 11.3 Å². The van der Waals surface area contributed by atoms with Crippen molar-refractivity contribution in [2.24, 2.45) is 0 Å². The molecule has 2 aromatic rings. The van der Waals surface area contributed by atoms with Crippen LogP contribution >= 0.6 is 11.5 Å². The van der Waals surface area contributed by atoms with E-state index >= 15 is 0 Å². The number of carbonyl (C=O) groups is 1. The molecule has 0 aliphatic carbocycles. The summed E-state index contributed by atoms with van der Waals surface area (Å²) in [7, 11) is 0. The van der Waals surface area contributed by atoms with E-state index in [1.54, 1.807) is 18.5 Å². The zero-order chi connectivity index (χ0) is 12.1. The summed E-state index contributed by atoms with van der Waals surface area (Å²) < 4.78 is 8.72. The van der Waals surface area contributed by atoms with Gasteiger partial charge in [0.25, 0.3) is 0 Å². The van der Waals surface area contributed by atoms with Gasteiger partial charge in [0.15, 0.2) is 4.88 Å². The van der Waals surface area contributed by atoms with Crippen LogP contribution in [-0.4, -0.2) is 27.1 Å². The Morgan fingerprint density at radius 1 is 1.59 bits per heavy atom. The zero-order valence-electron chi connectivity index (χ0n) is 8.87. The van der Waals surface area contributed by atoms with Crippen LogP contribution in [0.5, 0.6) is 0 Å². The fourth-order valence-electron chi connectivity index (χ4n) is 1.22. The lowest BCUT2D eigenvalue weighted by Crippen LogP contribution is -2.04. The SMILES string of the molecule is C=CCOC(=O)c1snnc1-c1cccnc1. The molecule has 0 radical (unpaired) electrons.